The van der Waals surface area contributed by atoms with Gasteiger partial charge in [-0.25, -0.2) is 0 Å². The highest BCUT2D eigenvalue weighted by molar-refractivity contribution is 5.76. The van der Waals surface area contributed by atoms with Crippen LogP contribution in [0.2, 0.25) is 0 Å². The van der Waals surface area contributed by atoms with E-state index in [0.29, 0.717) is 17.3 Å². The number of carbonyl (C=O) groups is 1. The van der Waals surface area contributed by atoms with Crippen molar-refractivity contribution in [3.8, 4) is 11.4 Å². The molecular weight excluding hydrogens is 398 g/mol. The smallest absolute Gasteiger partial charge is 0.256 e. The summed E-state index contributed by atoms with van der Waals surface area (Å²) in [5, 5.41) is 4.21. The average molecular weight is 424 g/mol. The molecule has 5 nitrogen and oxygen atoms in total. The first-order valence-corrected chi connectivity index (χ1v) is 10.8. The molecule has 0 amide bonds. The van der Waals surface area contributed by atoms with Crippen LogP contribution in [0.1, 0.15) is 46.3 Å². The zero-order valence-corrected chi connectivity index (χ0v) is 18.5. The molecule has 1 atom stereocenters. The summed E-state index contributed by atoms with van der Waals surface area (Å²) < 4.78 is 5.70. The van der Waals surface area contributed by atoms with Crippen molar-refractivity contribution in [2.24, 2.45) is 5.92 Å². The van der Waals surface area contributed by atoms with Gasteiger partial charge < -0.3 is 9.42 Å². The predicted molar refractivity (Wildman–Crippen MR) is 125 cm³/mol. The second kappa shape index (κ2) is 8.08. The summed E-state index contributed by atoms with van der Waals surface area (Å²) in [5.74, 6) is 1.28. The molecule has 1 unspecified atom stereocenters. The first kappa shape index (κ1) is 20.2. The molecule has 1 aromatic heterocycles. The Kier molecular flexibility index (Phi) is 5.10. The van der Waals surface area contributed by atoms with Crippen LogP contribution in [0.15, 0.2) is 76.6 Å². The Morgan fingerprint density at radius 1 is 1.06 bits per heavy atom. The van der Waals surface area contributed by atoms with Crippen molar-refractivity contribution in [2.45, 2.75) is 33.7 Å². The van der Waals surface area contributed by atoms with E-state index in [-0.39, 0.29) is 5.92 Å². The average Bonchev–Trinajstić information content (AvgIpc) is 3.41. The summed E-state index contributed by atoms with van der Waals surface area (Å²) >= 11 is 0. The normalized spacial score (nSPS) is 17.5. The standard InChI is InChI=1S/C27H25N3O2/c1-17-4-11-25-23(12-17)24(15-30(25)14-21-6-5-18(2)19(3)13-21)27-28-26(29-32-27)22-9-7-20(16-31)8-10-22/h4-11,13,15-16,23H,12,14H2,1-3H3. The summed E-state index contributed by atoms with van der Waals surface area (Å²) in [6.45, 7) is 7.25. The van der Waals surface area contributed by atoms with Gasteiger partial charge in [0, 0.05) is 41.1 Å². The molecule has 0 radical (unpaired) electrons. The van der Waals surface area contributed by atoms with Gasteiger partial charge in [0.15, 0.2) is 0 Å². The van der Waals surface area contributed by atoms with Crippen molar-refractivity contribution in [2.75, 3.05) is 0 Å². The van der Waals surface area contributed by atoms with Crippen LogP contribution in [0.3, 0.4) is 0 Å². The van der Waals surface area contributed by atoms with Crippen molar-refractivity contribution in [3.05, 3.63) is 100 Å². The lowest BCUT2D eigenvalue weighted by Gasteiger charge is -2.25. The van der Waals surface area contributed by atoms with Gasteiger partial charge in [0.05, 0.1) is 0 Å². The van der Waals surface area contributed by atoms with Gasteiger partial charge in [-0.2, -0.15) is 4.98 Å². The Bertz CT molecular complexity index is 1280. The van der Waals surface area contributed by atoms with Gasteiger partial charge in [0.1, 0.15) is 6.29 Å². The molecule has 0 saturated heterocycles. The quantitative estimate of drug-likeness (QED) is 0.480. The Hall–Kier alpha value is -3.73. The van der Waals surface area contributed by atoms with E-state index >= 15 is 0 Å². The minimum Gasteiger partial charge on any atom is -0.346 e. The second-order valence-corrected chi connectivity index (χ2v) is 8.66. The highest BCUT2D eigenvalue weighted by Gasteiger charge is 2.35. The number of aromatic nitrogens is 2. The van der Waals surface area contributed by atoms with Gasteiger partial charge >= 0.3 is 0 Å². The largest absolute Gasteiger partial charge is 0.346 e. The monoisotopic (exact) mass is 423 g/mol. The molecular formula is C27H25N3O2. The van der Waals surface area contributed by atoms with Gasteiger partial charge in [-0.3, -0.25) is 4.79 Å². The molecule has 0 spiro atoms. The molecule has 3 aromatic rings. The molecule has 32 heavy (non-hydrogen) atoms. The van der Waals surface area contributed by atoms with E-state index in [9.17, 15) is 4.79 Å². The summed E-state index contributed by atoms with van der Waals surface area (Å²) in [7, 11) is 0. The third-order valence-electron chi connectivity index (χ3n) is 6.33. The topological polar surface area (TPSA) is 59.2 Å². The van der Waals surface area contributed by atoms with E-state index in [4.69, 9.17) is 9.51 Å². The number of hydrogen-bond donors (Lipinski definition) is 0. The first-order valence-electron chi connectivity index (χ1n) is 10.8. The molecule has 1 aliphatic heterocycles. The van der Waals surface area contributed by atoms with Crippen LogP contribution < -0.4 is 0 Å². The molecule has 1 aliphatic carbocycles. The first-order chi connectivity index (χ1) is 15.5. The summed E-state index contributed by atoms with van der Waals surface area (Å²) in [4.78, 5) is 17.9. The van der Waals surface area contributed by atoms with Crippen LogP contribution in [-0.2, 0) is 6.54 Å². The van der Waals surface area contributed by atoms with Crippen LogP contribution in [0.5, 0.6) is 0 Å². The van der Waals surface area contributed by atoms with Crippen LogP contribution in [0.25, 0.3) is 17.0 Å². The Morgan fingerprint density at radius 2 is 1.88 bits per heavy atom. The van der Waals surface area contributed by atoms with Gasteiger partial charge in [-0.1, -0.05) is 59.3 Å². The lowest BCUT2D eigenvalue weighted by molar-refractivity contribution is 0.112. The molecule has 2 heterocycles. The third kappa shape index (κ3) is 3.71. The van der Waals surface area contributed by atoms with Gasteiger partial charge in [-0.05, 0) is 50.0 Å². The van der Waals surface area contributed by atoms with Crippen molar-refractivity contribution in [1.82, 2.24) is 15.0 Å². The second-order valence-electron chi connectivity index (χ2n) is 8.66. The number of aldehydes is 1. The number of allylic oxidation sites excluding steroid dienone is 4. The van der Waals surface area contributed by atoms with Crippen molar-refractivity contribution < 1.29 is 9.32 Å². The molecule has 0 N–H and O–H groups in total. The lowest BCUT2D eigenvalue weighted by atomic mass is 9.88. The third-order valence-corrected chi connectivity index (χ3v) is 6.33. The molecule has 0 saturated carbocycles. The molecule has 0 fully saturated rings. The fourth-order valence-corrected chi connectivity index (χ4v) is 4.34. The Morgan fingerprint density at radius 3 is 2.62 bits per heavy atom. The molecule has 5 heteroatoms. The molecule has 2 aliphatic rings. The predicted octanol–water partition coefficient (Wildman–Crippen LogP) is 5.87. The highest BCUT2D eigenvalue weighted by Crippen LogP contribution is 2.44. The van der Waals surface area contributed by atoms with Crippen molar-refractivity contribution in [3.63, 3.8) is 0 Å². The number of benzene rings is 2. The van der Waals surface area contributed by atoms with E-state index in [1.54, 1.807) is 12.1 Å². The summed E-state index contributed by atoms with van der Waals surface area (Å²) in [6, 6.07) is 13.8. The van der Waals surface area contributed by atoms with Gasteiger partial charge in [-0.15, -0.1) is 0 Å². The number of hydrogen-bond acceptors (Lipinski definition) is 5. The maximum atomic E-state index is 10.9. The molecule has 5 rings (SSSR count). The number of carbonyl (C=O) groups excluding carboxylic acids is 1. The minimum atomic E-state index is 0.206. The zero-order chi connectivity index (χ0) is 22.2. The number of nitrogens with zero attached hydrogens (tertiary/aromatic N) is 3. The molecule has 0 bridgehead atoms. The van der Waals surface area contributed by atoms with Crippen LogP contribution in [0.4, 0.5) is 0 Å². The van der Waals surface area contributed by atoms with E-state index < -0.39 is 0 Å². The fraction of sp³-hybridized carbons (Fsp3) is 0.222. The van der Waals surface area contributed by atoms with E-state index in [0.717, 1.165) is 30.4 Å². The van der Waals surface area contributed by atoms with E-state index in [2.05, 4.69) is 67.4 Å². The fourth-order valence-electron chi connectivity index (χ4n) is 4.34. The SMILES string of the molecule is CC1=CC=C2C(C1)C(c1nc(-c3ccc(C=O)cc3)no1)=CN2Cc1ccc(C)c(C)c1. The zero-order valence-electron chi connectivity index (χ0n) is 18.5. The van der Waals surface area contributed by atoms with Crippen LogP contribution in [0, 0.1) is 19.8 Å². The van der Waals surface area contributed by atoms with Crippen LogP contribution >= 0.6 is 0 Å². The Balaban J connectivity index is 1.47. The van der Waals surface area contributed by atoms with Crippen LogP contribution in [-0.4, -0.2) is 21.3 Å². The van der Waals surface area contributed by atoms with Crippen molar-refractivity contribution in [1.29, 1.82) is 0 Å². The number of rotatable bonds is 5. The van der Waals surface area contributed by atoms with Crippen molar-refractivity contribution >= 4 is 11.9 Å². The van der Waals surface area contributed by atoms with E-state index in [1.807, 2.05) is 12.1 Å². The maximum Gasteiger partial charge on any atom is 0.256 e. The number of fused-ring (bicyclic) bond motifs is 1. The Labute approximate surface area is 187 Å². The summed E-state index contributed by atoms with van der Waals surface area (Å²) in [5.41, 5.74) is 8.98. The molecule has 160 valence electrons. The van der Waals surface area contributed by atoms with Gasteiger partial charge in [0.25, 0.3) is 5.89 Å². The molecule has 2 aromatic carbocycles. The number of aryl methyl sites for hydroxylation is 2. The summed E-state index contributed by atoms with van der Waals surface area (Å²) in [6.07, 6.45) is 8.33. The minimum absolute atomic E-state index is 0.206. The van der Waals surface area contributed by atoms with E-state index in [1.165, 1.54) is 28.0 Å². The highest BCUT2D eigenvalue weighted by atomic mass is 16.5. The van der Waals surface area contributed by atoms with Gasteiger partial charge in [0.2, 0.25) is 5.82 Å². The maximum absolute atomic E-state index is 10.9. The lowest BCUT2D eigenvalue weighted by Crippen LogP contribution is -2.18.